The molecule has 2 rings (SSSR count). The lowest BCUT2D eigenvalue weighted by Gasteiger charge is -2.04. The summed E-state index contributed by atoms with van der Waals surface area (Å²) < 4.78 is 0.496. The number of benzene rings is 1. The predicted molar refractivity (Wildman–Crippen MR) is 60.3 cm³/mol. The largest absolute Gasteiger partial charge is 0.506 e. The summed E-state index contributed by atoms with van der Waals surface area (Å²) in [5.74, 6) is -1.11. The van der Waals surface area contributed by atoms with Gasteiger partial charge in [-0.3, -0.25) is 5.10 Å². The molecule has 82 valence electrons. The van der Waals surface area contributed by atoms with Crippen molar-refractivity contribution in [2.45, 2.75) is 0 Å². The highest BCUT2D eigenvalue weighted by molar-refractivity contribution is 9.10. The number of aromatic hydroxyl groups is 1. The van der Waals surface area contributed by atoms with Gasteiger partial charge in [0.1, 0.15) is 11.3 Å². The molecular weight excluding hydrogens is 276 g/mol. The summed E-state index contributed by atoms with van der Waals surface area (Å²) in [5, 5.41) is 24.9. The number of aromatic carboxylic acids is 1. The van der Waals surface area contributed by atoms with Crippen LogP contribution in [0.4, 0.5) is 0 Å². The van der Waals surface area contributed by atoms with Crippen LogP contribution in [0.2, 0.25) is 0 Å². The van der Waals surface area contributed by atoms with Crippen LogP contribution in [0.25, 0.3) is 11.3 Å². The van der Waals surface area contributed by atoms with Gasteiger partial charge >= 0.3 is 5.97 Å². The molecule has 1 aromatic carbocycles. The maximum atomic E-state index is 10.9. The van der Waals surface area contributed by atoms with Crippen molar-refractivity contribution in [1.29, 1.82) is 0 Å². The van der Waals surface area contributed by atoms with E-state index in [-0.39, 0.29) is 17.0 Å². The Bertz CT molecular complexity index is 551. The van der Waals surface area contributed by atoms with E-state index in [1.54, 1.807) is 18.2 Å². The summed E-state index contributed by atoms with van der Waals surface area (Å²) in [6.45, 7) is 0. The van der Waals surface area contributed by atoms with Gasteiger partial charge in [0.05, 0.1) is 16.4 Å². The highest BCUT2D eigenvalue weighted by atomic mass is 79.9. The van der Waals surface area contributed by atoms with Crippen LogP contribution in [0.15, 0.2) is 28.9 Å². The Balaban J connectivity index is 2.63. The number of para-hydroxylation sites is 1. The molecule has 6 heteroatoms. The van der Waals surface area contributed by atoms with Crippen molar-refractivity contribution in [2.75, 3.05) is 0 Å². The Morgan fingerprint density at radius 3 is 2.88 bits per heavy atom. The first kappa shape index (κ1) is 10.7. The lowest BCUT2D eigenvalue weighted by Crippen LogP contribution is -1.96. The number of carboxylic acids is 1. The second-order valence-corrected chi connectivity index (χ2v) is 3.95. The van der Waals surface area contributed by atoms with Crippen LogP contribution < -0.4 is 0 Å². The molecule has 3 N–H and O–H groups in total. The fourth-order valence-electron chi connectivity index (χ4n) is 1.37. The van der Waals surface area contributed by atoms with Crippen LogP contribution >= 0.6 is 15.9 Å². The molecule has 0 amide bonds. The quantitative estimate of drug-likeness (QED) is 0.789. The van der Waals surface area contributed by atoms with Gasteiger partial charge in [0.25, 0.3) is 0 Å². The Hall–Kier alpha value is -1.82. The summed E-state index contributed by atoms with van der Waals surface area (Å²) in [6, 6.07) is 4.97. The molecule has 0 saturated heterocycles. The van der Waals surface area contributed by atoms with Crippen LogP contribution in [0, 0.1) is 0 Å². The van der Waals surface area contributed by atoms with Crippen molar-refractivity contribution in [1.82, 2.24) is 10.2 Å². The van der Waals surface area contributed by atoms with E-state index >= 15 is 0 Å². The Morgan fingerprint density at radius 2 is 2.19 bits per heavy atom. The number of hydrogen-bond donors (Lipinski definition) is 3. The number of phenols is 1. The van der Waals surface area contributed by atoms with Crippen molar-refractivity contribution in [3.05, 3.63) is 34.4 Å². The molecule has 0 unspecified atom stereocenters. The minimum atomic E-state index is -1.09. The maximum absolute atomic E-state index is 10.9. The number of phenolic OH excluding ortho intramolecular Hbond substituents is 1. The summed E-state index contributed by atoms with van der Waals surface area (Å²) in [7, 11) is 0. The molecular formula is C10H7BrN2O3. The number of nitrogens with one attached hydrogen (secondary N) is 1. The molecule has 0 aliphatic rings. The van der Waals surface area contributed by atoms with E-state index in [1.165, 1.54) is 6.20 Å². The molecule has 0 spiro atoms. The number of aromatic amines is 1. The fourth-order valence-corrected chi connectivity index (χ4v) is 1.74. The van der Waals surface area contributed by atoms with Crippen LogP contribution in [-0.2, 0) is 0 Å². The molecule has 0 aliphatic carbocycles. The van der Waals surface area contributed by atoms with Gasteiger partial charge in [-0.25, -0.2) is 4.79 Å². The maximum Gasteiger partial charge on any atom is 0.339 e. The van der Waals surface area contributed by atoms with E-state index in [0.717, 1.165) is 0 Å². The summed E-state index contributed by atoms with van der Waals surface area (Å²) >= 11 is 3.16. The zero-order chi connectivity index (χ0) is 11.7. The molecule has 16 heavy (non-hydrogen) atoms. The highest BCUT2D eigenvalue weighted by Gasteiger charge is 2.17. The molecule has 0 atom stereocenters. The molecule has 0 bridgehead atoms. The van der Waals surface area contributed by atoms with Gasteiger partial charge in [-0.05, 0) is 28.1 Å². The third-order valence-electron chi connectivity index (χ3n) is 2.13. The molecule has 1 heterocycles. The van der Waals surface area contributed by atoms with E-state index < -0.39 is 5.97 Å². The molecule has 5 nitrogen and oxygen atoms in total. The van der Waals surface area contributed by atoms with Crippen molar-refractivity contribution in [3.8, 4) is 17.0 Å². The lowest BCUT2D eigenvalue weighted by atomic mass is 10.1. The van der Waals surface area contributed by atoms with Crippen molar-refractivity contribution in [2.24, 2.45) is 0 Å². The number of H-pyrrole nitrogens is 1. The normalized spacial score (nSPS) is 10.3. The second kappa shape index (κ2) is 3.97. The third-order valence-corrected chi connectivity index (χ3v) is 2.77. The minimum Gasteiger partial charge on any atom is -0.506 e. The van der Waals surface area contributed by atoms with Gasteiger partial charge in [-0.2, -0.15) is 5.10 Å². The van der Waals surface area contributed by atoms with Gasteiger partial charge < -0.3 is 10.2 Å². The average molecular weight is 283 g/mol. The van der Waals surface area contributed by atoms with Crippen molar-refractivity contribution in [3.63, 3.8) is 0 Å². The monoisotopic (exact) mass is 282 g/mol. The number of halogens is 1. The highest BCUT2D eigenvalue weighted by Crippen LogP contribution is 2.35. The first-order valence-electron chi connectivity index (χ1n) is 4.35. The molecule has 0 fully saturated rings. The number of nitrogens with zero attached hydrogens (tertiary/aromatic N) is 1. The number of hydrogen-bond acceptors (Lipinski definition) is 3. The van der Waals surface area contributed by atoms with Gasteiger partial charge in [-0.15, -0.1) is 0 Å². The molecule has 1 aromatic heterocycles. The summed E-state index contributed by atoms with van der Waals surface area (Å²) in [6.07, 6.45) is 1.21. The van der Waals surface area contributed by atoms with Crippen molar-refractivity contribution < 1.29 is 15.0 Å². The van der Waals surface area contributed by atoms with Gasteiger partial charge in [0.15, 0.2) is 0 Å². The van der Waals surface area contributed by atoms with Gasteiger partial charge in [0.2, 0.25) is 0 Å². The Morgan fingerprint density at radius 1 is 1.44 bits per heavy atom. The molecule has 0 aliphatic heterocycles. The standard InChI is InChI=1S/C10H7BrN2O3/c11-7-3-1-2-5(9(7)14)8-6(10(15)16)4-12-13-8/h1-4,14H,(H,12,13)(H,15,16). The molecule has 0 radical (unpaired) electrons. The number of carboxylic acid groups (broad SMARTS) is 1. The van der Waals surface area contributed by atoms with Crippen LogP contribution in [0.5, 0.6) is 5.75 Å². The fraction of sp³-hybridized carbons (Fsp3) is 0. The van der Waals surface area contributed by atoms with Crippen molar-refractivity contribution >= 4 is 21.9 Å². The predicted octanol–water partition coefficient (Wildman–Crippen LogP) is 2.24. The van der Waals surface area contributed by atoms with Gasteiger partial charge in [0, 0.05) is 5.56 Å². The number of carbonyl (C=O) groups is 1. The smallest absolute Gasteiger partial charge is 0.339 e. The summed E-state index contributed by atoms with van der Waals surface area (Å²) in [4.78, 5) is 10.9. The first-order chi connectivity index (χ1) is 7.61. The Labute approximate surface area is 98.9 Å². The van der Waals surface area contributed by atoms with E-state index in [9.17, 15) is 9.90 Å². The Kier molecular flexibility index (Phi) is 2.66. The average Bonchev–Trinajstić information content (AvgIpc) is 2.70. The number of aromatic nitrogens is 2. The number of rotatable bonds is 2. The second-order valence-electron chi connectivity index (χ2n) is 3.10. The summed E-state index contributed by atoms with van der Waals surface area (Å²) in [5.41, 5.74) is 0.698. The van der Waals surface area contributed by atoms with E-state index in [4.69, 9.17) is 5.11 Å². The van der Waals surface area contributed by atoms with Crippen LogP contribution in [0.1, 0.15) is 10.4 Å². The minimum absolute atomic E-state index is 0.0192. The zero-order valence-electron chi connectivity index (χ0n) is 7.94. The molecule has 0 saturated carbocycles. The van der Waals surface area contributed by atoms with Crippen LogP contribution in [-0.4, -0.2) is 26.4 Å². The van der Waals surface area contributed by atoms with Crippen LogP contribution in [0.3, 0.4) is 0 Å². The molecule has 2 aromatic rings. The SMILES string of the molecule is O=C(O)c1cn[nH]c1-c1cccc(Br)c1O. The van der Waals surface area contributed by atoms with E-state index in [1.807, 2.05) is 0 Å². The lowest BCUT2D eigenvalue weighted by molar-refractivity contribution is 0.0698. The van der Waals surface area contributed by atoms with E-state index in [0.29, 0.717) is 10.0 Å². The third kappa shape index (κ3) is 1.67. The van der Waals surface area contributed by atoms with E-state index in [2.05, 4.69) is 26.1 Å². The topological polar surface area (TPSA) is 86.2 Å². The van der Waals surface area contributed by atoms with Gasteiger partial charge in [-0.1, -0.05) is 6.07 Å². The first-order valence-corrected chi connectivity index (χ1v) is 5.15. The zero-order valence-corrected chi connectivity index (χ0v) is 9.52.